The lowest BCUT2D eigenvalue weighted by Gasteiger charge is -2.07. The molecule has 19 heavy (non-hydrogen) atoms. The van der Waals surface area contributed by atoms with Gasteiger partial charge in [-0.25, -0.2) is 4.79 Å². The number of hydrogen-bond acceptors (Lipinski definition) is 3. The van der Waals surface area contributed by atoms with Crippen LogP contribution in [0.5, 0.6) is 5.75 Å². The SMILES string of the molecule is N#Cc1cc(NC(=O)Oc2ccccc2)ccc1Br. The van der Waals surface area contributed by atoms with Crippen molar-refractivity contribution in [3.8, 4) is 11.8 Å². The van der Waals surface area contributed by atoms with Crippen LogP contribution in [0.4, 0.5) is 10.5 Å². The summed E-state index contributed by atoms with van der Waals surface area (Å²) in [7, 11) is 0. The zero-order valence-electron chi connectivity index (χ0n) is 9.76. The lowest BCUT2D eigenvalue weighted by atomic mass is 10.2. The van der Waals surface area contributed by atoms with Crippen LogP contribution in [0.25, 0.3) is 0 Å². The number of hydrogen-bond donors (Lipinski definition) is 1. The van der Waals surface area contributed by atoms with Crippen LogP contribution in [-0.4, -0.2) is 6.09 Å². The van der Waals surface area contributed by atoms with Gasteiger partial charge >= 0.3 is 6.09 Å². The first-order valence-corrected chi connectivity index (χ1v) is 6.22. The third-order valence-electron chi connectivity index (χ3n) is 2.29. The number of carbonyl (C=O) groups excluding carboxylic acids is 1. The van der Waals surface area contributed by atoms with E-state index in [1.165, 1.54) is 0 Å². The van der Waals surface area contributed by atoms with E-state index in [-0.39, 0.29) is 0 Å². The Morgan fingerprint density at radius 1 is 1.21 bits per heavy atom. The number of ether oxygens (including phenoxy) is 1. The van der Waals surface area contributed by atoms with Gasteiger partial charge in [-0.2, -0.15) is 5.26 Å². The Morgan fingerprint density at radius 2 is 1.95 bits per heavy atom. The third-order valence-corrected chi connectivity index (χ3v) is 2.98. The minimum absolute atomic E-state index is 0.442. The zero-order chi connectivity index (χ0) is 13.7. The van der Waals surface area contributed by atoms with Crippen LogP contribution in [0.15, 0.2) is 53.0 Å². The topological polar surface area (TPSA) is 62.1 Å². The number of nitrogens with one attached hydrogen (secondary N) is 1. The highest BCUT2D eigenvalue weighted by molar-refractivity contribution is 9.10. The molecule has 0 spiro atoms. The number of halogens is 1. The summed E-state index contributed by atoms with van der Waals surface area (Å²) in [6.45, 7) is 0. The quantitative estimate of drug-likeness (QED) is 0.913. The Labute approximate surface area is 118 Å². The van der Waals surface area contributed by atoms with E-state index in [4.69, 9.17) is 10.00 Å². The molecule has 1 amide bonds. The smallest absolute Gasteiger partial charge is 0.410 e. The van der Waals surface area contributed by atoms with Crippen LogP contribution in [0, 0.1) is 11.3 Å². The number of amides is 1. The number of benzene rings is 2. The Balaban J connectivity index is 2.06. The third kappa shape index (κ3) is 3.57. The number of nitriles is 1. The molecule has 0 heterocycles. The summed E-state index contributed by atoms with van der Waals surface area (Å²) < 4.78 is 5.76. The molecular formula is C14H9BrN2O2. The Kier molecular flexibility index (Phi) is 4.16. The van der Waals surface area contributed by atoms with Gasteiger partial charge in [0.2, 0.25) is 0 Å². The van der Waals surface area contributed by atoms with Crippen molar-refractivity contribution in [1.29, 1.82) is 5.26 Å². The largest absolute Gasteiger partial charge is 0.417 e. The number of anilines is 1. The van der Waals surface area contributed by atoms with Gasteiger partial charge in [0.25, 0.3) is 0 Å². The predicted molar refractivity (Wildman–Crippen MR) is 74.9 cm³/mol. The van der Waals surface area contributed by atoms with E-state index in [1.54, 1.807) is 42.5 Å². The summed E-state index contributed by atoms with van der Waals surface area (Å²) in [6, 6.07) is 15.7. The Morgan fingerprint density at radius 3 is 2.63 bits per heavy atom. The van der Waals surface area contributed by atoms with Crippen LogP contribution in [0.2, 0.25) is 0 Å². The molecule has 0 aliphatic heterocycles. The average Bonchev–Trinajstić information content (AvgIpc) is 2.42. The van der Waals surface area contributed by atoms with E-state index in [2.05, 4.69) is 21.2 Å². The van der Waals surface area contributed by atoms with E-state index < -0.39 is 6.09 Å². The molecule has 0 aromatic heterocycles. The van der Waals surface area contributed by atoms with Crippen LogP contribution in [-0.2, 0) is 0 Å². The maximum absolute atomic E-state index is 11.6. The molecule has 2 aromatic carbocycles. The van der Waals surface area contributed by atoms with Crippen LogP contribution in [0.3, 0.4) is 0 Å². The molecule has 0 saturated carbocycles. The fourth-order valence-corrected chi connectivity index (χ4v) is 1.76. The maximum Gasteiger partial charge on any atom is 0.417 e. The molecule has 2 aromatic rings. The average molecular weight is 317 g/mol. The van der Waals surface area contributed by atoms with Gasteiger partial charge < -0.3 is 4.74 Å². The van der Waals surface area contributed by atoms with Gasteiger partial charge in [0.05, 0.1) is 5.56 Å². The fraction of sp³-hybridized carbons (Fsp3) is 0. The fourth-order valence-electron chi connectivity index (χ4n) is 1.43. The second-order valence-corrected chi connectivity index (χ2v) is 4.49. The van der Waals surface area contributed by atoms with Crippen LogP contribution in [0.1, 0.15) is 5.56 Å². The normalized spacial score (nSPS) is 9.47. The molecule has 5 heteroatoms. The molecule has 0 saturated heterocycles. The first-order valence-electron chi connectivity index (χ1n) is 5.42. The second-order valence-electron chi connectivity index (χ2n) is 3.63. The van der Waals surface area contributed by atoms with Crippen molar-refractivity contribution >= 4 is 27.7 Å². The molecule has 2 rings (SSSR count). The van der Waals surface area contributed by atoms with E-state index in [9.17, 15) is 4.79 Å². The molecule has 94 valence electrons. The first-order chi connectivity index (χ1) is 9.19. The highest BCUT2D eigenvalue weighted by Gasteiger charge is 2.06. The lowest BCUT2D eigenvalue weighted by molar-refractivity contribution is 0.215. The summed E-state index contributed by atoms with van der Waals surface area (Å²) >= 11 is 3.24. The van der Waals surface area contributed by atoms with Gasteiger partial charge in [0.15, 0.2) is 0 Å². The van der Waals surface area contributed by atoms with Gasteiger partial charge in [-0.05, 0) is 46.3 Å². The van der Waals surface area contributed by atoms with E-state index >= 15 is 0 Å². The molecule has 1 N–H and O–H groups in total. The number of para-hydroxylation sites is 1. The van der Waals surface area contributed by atoms with Crippen molar-refractivity contribution in [3.63, 3.8) is 0 Å². The molecule has 0 aliphatic carbocycles. The highest BCUT2D eigenvalue weighted by atomic mass is 79.9. The van der Waals surface area contributed by atoms with Gasteiger partial charge in [-0.15, -0.1) is 0 Å². The van der Waals surface area contributed by atoms with Crippen molar-refractivity contribution in [2.24, 2.45) is 0 Å². The number of nitrogens with zero attached hydrogens (tertiary/aromatic N) is 1. The molecule has 0 atom stereocenters. The van der Waals surface area contributed by atoms with Crippen molar-refractivity contribution in [2.45, 2.75) is 0 Å². The van der Waals surface area contributed by atoms with Gasteiger partial charge in [0, 0.05) is 10.2 Å². The van der Waals surface area contributed by atoms with Crippen molar-refractivity contribution in [3.05, 3.63) is 58.6 Å². The maximum atomic E-state index is 11.6. The van der Waals surface area contributed by atoms with E-state index in [0.29, 0.717) is 21.5 Å². The van der Waals surface area contributed by atoms with Gasteiger partial charge in [0.1, 0.15) is 11.8 Å². The van der Waals surface area contributed by atoms with Gasteiger partial charge in [-0.1, -0.05) is 18.2 Å². The molecule has 0 fully saturated rings. The minimum Gasteiger partial charge on any atom is -0.410 e. The number of rotatable bonds is 2. The summed E-state index contributed by atoms with van der Waals surface area (Å²) in [5.41, 5.74) is 0.943. The second kappa shape index (κ2) is 6.03. The summed E-state index contributed by atoms with van der Waals surface area (Å²) in [4.78, 5) is 11.6. The molecule has 0 aliphatic rings. The van der Waals surface area contributed by atoms with Crippen LogP contribution < -0.4 is 10.1 Å². The molecular weight excluding hydrogens is 308 g/mol. The molecule has 0 radical (unpaired) electrons. The standard InChI is InChI=1S/C14H9BrN2O2/c15-13-7-6-11(8-10(13)9-16)17-14(18)19-12-4-2-1-3-5-12/h1-8H,(H,17,18). The molecule has 4 nitrogen and oxygen atoms in total. The summed E-state index contributed by atoms with van der Waals surface area (Å²) in [5, 5.41) is 11.4. The zero-order valence-corrected chi connectivity index (χ0v) is 11.3. The number of carbonyl (C=O) groups is 1. The van der Waals surface area contributed by atoms with Gasteiger partial charge in [-0.3, -0.25) is 5.32 Å². The Hall–Kier alpha value is -2.32. The predicted octanol–water partition coefficient (Wildman–Crippen LogP) is 3.93. The highest BCUT2D eigenvalue weighted by Crippen LogP contribution is 2.20. The van der Waals surface area contributed by atoms with Crippen LogP contribution >= 0.6 is 15.9 Å². The lowest BCUT2D eigenvalue weighted by Crippen LogP contribution is -2.16. The van der Waals surface area contributed by atoms with E-state index in [1.807, 2.05) is 12.1 Å². The monoisotopic (exact) mass is 316 g/mol. The first kappa shape index (κ1) is 13.1. The molecule has 0 bridgehead atoms. The van der Waals surface area contributed by atoms with Crippen molar-refractivity contribution < 1.29 is 9.53 Å². The summed E-state index contributed by atoms with van der Waals surface area (Å²) in [5.74, 6) is 0.456. The minimum atomic E-state index is -0.600. The summed E-state index contributed by atoms with van der Waals surface area (Å²) in [6.07, 6.45) is -0.600. The van der Waals surface area contributed by atoms with Crippen molar-refractivity contribution in [1.82, 2.24) is 0 Å². The van der Waals surface area contributed by atoms with E-state index in [0.717, 1.165) is 0 Å². The van der Waals surface area contributed by atoms with Crippen molar-refractivity contribution in [2.75, 3.05) is 5.32 Å². The molecule has 0 unspecified atom stereocenters. The Bertz CT molecular complexity index is 636.